The molecular formula is C23H27N7O. The highest BCUT2D eigenvalue weighted by atomic mass is 16.1. The van der Waals surface area contributed by atoms with Gasteiger partial charge in [0.1, 0.15) is 5.69 Å². The van der Waals surface area contributed by atoms with Gasteiger partial charge in [-0.15, -0.1) is 0 Å². The molecule has 3 aromatic heterocycles. The van der Waals surface area contributed by atoms with Crippen LogP contribution < -0.4 is 10.2 Å². The van der Waals surface area contributed by atoms with Crippen LogP contribution in [0.4, 0.5) is 5.95 Å². The maximum Gasteiger partial charge on any atom is 0.268 e. The fourth-order valence-electron chi connectivity index (χ4n) is 3.91. The number of hydrogen-bond acceptors (Lipinski definition) is 6. The Bertz CT molecular complexity index is 1050. The maximum absolute atomic E-state index is 13.0. The summed E-state index contributed by atoms with van der Waals surface area (Å²) in [5.41, 5.74) is 4.15. The summed E-state index contributed by atoms with van der Waals surface area (Å²) in [4.78, 5) is 32.9. The van der Waals surface area contributed by atoms with Crippen LogP contribution in [0.2, 0.25) is 0 Å². The largest absolute Gasteiger partial charge is 0.345 e. The number of anilines is 1. The van der Waals surface area contributed by atoms with Gasteiger partial charge in [-0.2, -0.15) is 0 Å². The molecule has 1 saturated carbocycles. The van der Waals surface area contributed by atoms with Crippen LogP contribution in [0.5, 0.6) is 0 Å². The Morgan fingerprint density at radius 2 is 1.81 bits per heavy atom. The quantitative estimate of drug-likeness (QED) is 0.636. The van der Waals surface area contributed by atoms with E-state index < -0.39 is 0 Å². The molecule has 1 aliphatic heterocycles. The van der Waals surface area contributed by atoms with Crippen molar-refractivity contribution in [1.29, 1.82) is 0 Å². The zero-order valence-electron chi connectivity index (χ0n) is 17.8. The maximum atomic E-state index is 13.0. The molecule has 0 radical (unpaired) electrons. The number of amides is 1. The third kappa shape index (κ3) is 4.57. The molecule has 31 heavy (non-hydrogen) atoms. The summed E-state index contributed by atoms with van der Waals surface area (Å²) in [6.07, 6.45) is 14.0. The van der Waals surface area contributed by atoms with Gasteiger partial charge in [-0.1, -0.05) is 0 Å². The minimum absolute atomic E-state index is 0.108. The molecule has 0 spiro atoms. The fourth-order valence-corrected chi connectivity index (χ4v) is 3.91. The van der Waals surface area contributed by atoms with Gasteiger partial charge in [-0.3, -0.25) is 14.8 Å². The molecular weight excluding hydrogens is 390 g/mol. The fraction of sp³-hybridized carbons (Fsp3) is 0.435. The van der Waals surface area contributed by atoms with E-state index in [-0.39, 0.29) is 5.91 Å². The topological polar surface area (TPSA) is 88.8 Å². The van der Waals surface area contributed by atoms with Gasteiger partial charge < -0.3 is 14.8 Å². The highest BCUT2D eigenvalue weighted by Crippen LogP contribution is 2.32. The van der Waals surface area contributed by atoms with Crippen LogP contribution >= 0.6 is 0 Å². The van der Waals surface area contributed by atoms with E-state index in [0.717, 1.165) is 48.1 Å². The Morgan fingerprint density at radius 3 is 2.48 bits per heavy atom. The van der Waals surface area contributed by atoms with Crippen LogP contribution in [0.3, 0.4) is 0 Å². The van der Waals surface area contributed by atoms with Gasteiger partial charge >= 0.3 is 0 Å². The van der Waals surface area contributed by atoms with Crippen LogP contribution in [0, 0.1) is 12.8 Å². The normalized spacial score (nSPS) is 16.0. The van der Waals surface area contributed by atoms with E-state index >= 15 is 0 Å². The SMILES string of the molecule is Cc1cnc(CNC(=O)c2cc(-c3cnc(N4CCCC4)nc3)cn2CC2CC2)cn1. The third-order valence-electron chi connectivity index (χ3n) is 5.91. The van der Waals surface area contributed by atoms with Crippen molar-refractivity contribution in [3.8, 4) is 11.1 Å². The minimum atomic E-state index is -0.108. The zero-order valence-corrected chi connectivity index (χ0v) is 17.8. The molecule has 0 atom stereocenters. The van der Waals surface area contributed by atoms with Gasteiger partial charge in [-0.25, -0.2) is 9.97 Å². The zero-order chi connectivity index (χ0) is 21.2. The monoisotopic (exact) mass is 417 g/mol. The van der Waals surface area contributed by atoms with Crippen molar-refractivity contribution in [2.45, 2.75) is 45.7 Å². The lowest BCUT2D eigenvalue weighted by Crippen LogP contribution is -2.26. The Labute approximate surface area is 181 Å². The van der Waals surface area contributed by atoms with E-state index in [2.05, 4.69) is 34.7 Å². The molecule has 1 aliphatic carbocycles. The number of carbonyl (C=O) groups is 1. The lowest BCUT2D eigenvalue weighted by molar-refractivity contribution is 0.0940. The molecule has 8 nitrogen and oxygen atoms in total. The minimum Gasteiger partial charge on any atom is -0.345 e. The summed E-state index contributed by atoms with van der Waals surface area (Å²) >= 11 is 0. The number of hydrogen-bond donors (Lipinski definition) is 1. The number of aromatic nitrogens is 5. The van der Waals surface area contributed by atoms with E-state index in [9.17, 15) is 4.79 Å². The lowest BCUT2D eigenvalue weighted by Gasteiger charge is -2.14. The number of nitrogens with one attached hydrogen (secondary N) is 1. The third-order valence-corrected chi connectivity index (χ3v) is 5.91. The van der Waals surface area contributed by atoms with Crippen molar-refractivity contribution in [2.24, 2.45) is 5.92 Å². The van der Waals surface area contributed by atoms with Crippen molar-refractivity contribution < 1.29 is 4.79 Å². The number of aryl methyl sites for hydroxylation is 1. The van der Waals surface area contributed by atoms with Crippen LogP contribution in [0.15, 0.2) is 37.1 Å². The first-order chi connectivity index (χ1) is 15.2. The molecule has 1 N–H and O–H groups in total. The molecule has 2 fully saturated rings. The van der Waals surface area contributed by atoms with E-state index in [0.29, 0.717) is 18.2 Å². The van der Waals surface area contributed by atoms with Crippen molar-refractivity contribution >= 4 is 11.9 Å². The lowest BCUT2D eigenvalue weighted by atomic mass is 10.2. The highest BCUT2D eigenvalue weighted by Gasteiger charge is 2.25. The molecule has 2 aliphatic rings. The molecule has 0 unspecified atom stereocenters. The molecule has 1 saturated heterocycles. The Kier molecular flexibility index (Phi) is 5.36. The Morgan fingerprint density at radius 1 is 1.03 bits per heavy atom. The Hall–Kier alpha value is -3.29. The first kappa shape index (κ1) is 19.7. The molecule has 4 heterocycles. The summed E-state index contributed by atoms with van der Waals surface area (Å²) in [6.45, 7) is 5.14. The summed E-state index contributed by atoms with van der Waals surface area (Å²) < 4.78 is 2.07. The van der Waals surface area contributed by atoms with Gasteiger partial charge in [-0.05, 0) is 44.6 Å². The van der Waals surface area contributed by atoms with E-state index in [4.69, 9.17) is 0 Å². The number of rotatable bonds is 7. The summed E-state index contributed by atoms with van der Waals surface area (Å²) in [5, 5.41) is 2.98. The van der Waals surface area contributed by atoms with Crippen molar-refractivity contribution in [2.75, 3.05) is 18.0 Å². The van der Waals surface area contributed by atoms with Gasteiger partial charge in [0.25, 0.3) is 5.91 Å². The van der Waals surface area contributed by atoms with Crippen molar-refractivity contribution in [1.82, 2.24) is 29.8 Å². The predicted octanol–water partition coefficient (Wildman–Crippen LogP) is 2.98. The molecule has 0 aromatic carbocycles. The molecule has 0 bridgehead atoms. The summed E-state index contributed by atoms with van der Waals surface area (Å²) in [5.74, 6) is 1.34. The number of nitrogens with zero attached hydrogens (tertiary/aromatic N) is 6. The average molecular weight is 418 g/mol. The second-order valence-electron chi connectivity index (χ2n) is 8.51. The summed E-state index contributed by atoms with van der Waals surface area (Å²) in [7, 11) is 0. The van der Waals surface area contributed by atoms with Crippen LogP contribution in [-0.4, -0.2) is 43.5 Å². The van der Waals surface area contributed by atoms with Crippen molar-refractivity contribution in [3.63, 3.8) is 0 Å². The smallest absolute Gasteiger partial charge is 0.268 e. The molecule has 1 amide bonds. The van der Waals surface area contributed by atoms with Crippen molar-refractivity contribution in [3.05, 3.63) is 54.1 Å². The number of carbonyl (C=O) groups excluding carboxylic acids is 1. The van der Waals surface area contributed by atoms with E-state index in [1.165, 1.54) is 25.7 Å². The van der Waals surface area contributed by atoms with E-state index in [1.54, 1.807) is 12.4 Å². The average Bonchev–Trinajstić information content (AvgIpc) is 3.26. The Balaban J connectivity index is 1.34. The second-order valence-corrected chi connectivity index (χ2v) is 8.51. The molecule has 8 heteroatoms. The van der Waals surface area contributed by atoms with Gasteiger partial charge in [0.05, 0.1) is 24.1 Å². The van der Waals surface area contributed by atoms with Crippen LogP contribution in [0.1, 0.15) is 47.6 Å². The van der Waals surface area contributed by atoms with Crippen LogP contribution in [-0.2, 0) is 13.1 Å². The first-order valence-electron chi connectivity index (χ1n) is 11.0. The summed E-state index contributed by atoms with van der Waals surface area (Å²) in [6, 6.07) is 1.94. The van der Waals surface area contributed by atoms with Gasteiger partial charge in [0.2, 0.25) is 5.95 Å². The first-order valence-corrected chi connectivity index (χ1v) is 11.0. The van der Waals surface area contributed by atoms with Gasteiger partial charge in [0.15, 0.2) is 0 Å². The molecule has 160 valence electrons. The molecule has 5 rings (SSSR count). The second kappa shape index (κ2) is 8.45. The predicted molar refractivity (Wildman–Crippen MR) is 118 cm³/mol. The standard InChI is InChI=1S/C23H27N7O/c1-16-9-25-20(12-24-16)13-26-22(31)21-8-18(15-30(21)14-17-4-5-17)19-10-27-23(28-11-19)29-6-2-3-7-29/h8-12,15,17H,2-7,13-14H2,1H3,(H,26,31). The molecule has 3 aromatic rings. The van der Waals surface area contributed by atoms with E-state index in [1.807, 2.05) is 31.6 Å². The van der Waals surface area contributed by atoms with Gasteiger partial charge in [0, 0.05) is 55.5 Å². The van der Waals surface area contributed by atoms with Crippen LogP contribution in [0.25, 0.3) is 11.1 Å². The highest BCUT2D eigenvalue weighted by molar-refractivity contribution is 5.94.